The molecule has 3 aromatic rings. The van der Waals surface area contributed by atoms with E-state index in [1.54, 1.807) is 24.1 Å². The van der Waals surface area contributed by atoms with E-state index in [1.807, 2.05) is 17.0 Å². The maximum atomic E-state index is 12.7. The second-order valence-corrected chi connectivity index (χ2v) is 7.51. The van der Waals surface area contributed by atoms with E-state index < -0.39 is 11.7 Å². The summed E-state index contributed by atoms with van der Waals surface area (Å²) in [6.45, 7) is 1.91. The molecule has 33 heavy (non-hydrogen) atoms. The minimum Gasteiger partial charge on any atom is -0.497 e. The number of pyridine rings is 1. The van der Waals surface area contributed by atoms with E-state index in [-0.39, 0.29) is 12.3 Å². The SMILES string of the molecule is COc1ccc(-c2noc(CCC(=O)N3CCN(c4ccc(C(F)(F)F)cn4)CC3)n2)cc1. The standard InChI is InChI=1S/C22H22F3N5O3/c1-32-17-5-2-15(3-6-17)21-27-19(33-28-21)8-9-20(31)30-12-10-29(11-13-30)18-7-4-16(14-26-18)22(23,24)25/h2-7,14H,8-13H2,1H3. The molecule has 1 aliphatic rings. The van der Waals surface area contributed by atoms with Crippen molar-refractivity contribution in [1.82, 2.24) is 20.0 Å². The van der Waals surface area contributed by atoms with Crippen molar-refractivity contribution in [3.8, 4) is 17.1 Å². The lowest BCUT2D eigenvalue weighted by atomic mass is 10.2. The summed E-state index contributed by atoms with van der Waals surface area (Å²) in [6.07, 6.45) is -3.03. The Balaban J connectivity index is 1.26. The molecule has 0 bridgehead atoms. The molecule has 2 aromatic heterocycles. The molecule has 0 N–H and O–H groups in total. The van der Waals surface area contributed by atoms with E-state index in [1.165, 1.54) is 6.07 Å². The average molecular weight is 461 g/mol. The molecular formula is C22H22F3N5O3. The van der Waals surface area contributed by atoms with Gasteiger partial charge in [0.15, 0.2) is 0 Å². The van der Waals surface area contributed by atoms with Crippen LogP contribution >= 0.6 is 0 Å². The molecule has 1 amide bonds. The maximum Gasteiger partial charge on any atom is 0.417 e. The van der Waals surface area contributed by atoms with E-state index in [0.29, 0.717) is 50.1 Å². The van der Waals surface area contributed by atoms with Crippen molar-refractivity contribution in [2.24, 2.45) is 0 Å². The summed E-state index contributed by atoms with van der Waals surface area (Å²) in [5.74, 6) is 1.97. The Morgan fingerprint density at radius 2 is 1.82 bits per heavy atom. The molecule has 0 unspecified atom stereocenters. The Hall–Kier alpha value is -3.63. The van der Waals surface area contributed by atoms with Crippen LogP contribution in [-0.4, -0.2) is 59.2 Å². The van der Waals surface area contributed by atoms with Crippen LogP contribution in [-0.2, 0) is 17.4 Å². The molecule has 8 nitrogen and oxygen atoms in total. The Bertz CT molecular complexity index is 1080. The quantitative estimate of drug-likeness (QED) is 0.556. The molecule has 0 saturated carbocycles. The molecule has 11 heteroatoms. The lowest BCUT2D eigenvalue weighted by molar-refractivity contribution is -0.137. The summed E-state index contributed by atoms with van der Waals surface area (Å²) in [7, 11) is 1.59. The molecule has 0 spiro atoms. The van der Waals surface area contributed by atoms with Crippen molar-refractivity contribution in [2.45, 2.75) is 19.0 Å². The molecule has 4 rings (SSSR count). The molecule has 1 saturated heterocycles. The van der Waals surface area contributed by atoms with Crippen LogP contribution in [0.4, 0.5) is 19.0 Å². The monoisotopic (exact) mass is 461 g/mol. The van der Waals surface area contributed by atoms with E-state index in [2.05, 4.69) is 15.1 Å². The number of nitrogens with zero attached hydrogens (tertiary/aromatic N) is 5. The molecule has 1 aliphatic heterocycles. The zero-order chi connectivity index (χ0) is 23.4. The van der Waals surface area contributed by atoms with Gasteiger partial charge in [-0.25, -0.2) is 4.98 Å². The number of methoxy groups -OCH3 is 1. The van der Waals surface area contributed by atoms with Crippen LogP contribution in [0.3, 0.4) is 0 Å². The highest BCUT2D eigenvalue weighted by atomic mass is 19.4. The molecule has 0 aliphatic carbocycles. The Kier molecular flexibility index (Phi) is 6.47. The second kappa shape index (κ2) is 9.47. The highest BCUT2D eigenvalue weighted by Crippen LogP contribution is 2.29. The Morgan fingerprint density at radius 1 is 1.09 bits per heavy atom. The van der Waals surface area contributed by atoms with Gasteiger partial charge in [0, 0.05) is 50.8 Å². The summed E-state index contributed by atoms with van der Waals surface area (Å²) in [5, 5.41) is 3.96. The predicted molar refractivity (Wildman–Crippen MR) is 113 cm³/mol. The molecule has 3 heterocycles. The van der Waals surface area contributed by atoms with Crippen molar-refractivity contribution in [2.75, 3.05) is 38.2 Å². The van der Waals surface area contributed by atoms with E-state index in [9.17, 15) is 18.0 Å². The van der Waals surface area contributed by atoms with Gasteiger partial charge in [0.25, 0.3) is 0 Å². The first-order chi connectivity index (χ1) is 15.8. The zero-order valence-electron chi connectivity index (χ0n) is 17.9. The van der Waals surface area contributed by atoms with Gasteiger partial charge in [0.2, 0.25) is 17.6 Å². The predicted octanol–water partition coefficient (Wildman–Crippen LogP) is 3.44. The molecule has 0 radical (unpaired) electrons. The first-order valence-corrected chi connectivity index (χ1v) is 10.4. The lowest BCUT2D eigenvalue weighted by Crippen LogP contribution is -2.49. The van der Waals surface area contributed by atoms with Gasteiger partial charge in [-0.1, -0.05) is 5.16 Å². The summed E-state index contributed by atoms with van der Waals surface area (Å²) < 4.78 is 48.5. The van der Waals surface area contributed by atoms with Gasteiger partial charge >= 0.3 is 6.18 Å². The van der Waals surface area contributed by atoms with Gasteiger partial charge in [-0.2, -0.15) is 18.2 Å². The first-order valence-electron chi connectivity index (χ1n) is 10.4. The fraction of sp³-hybridized carbons (Fsp3) is 0.364. The third kappa shape index (κ3) is 5.41. The fourth-order valence-electron chi connectivity index (χ4n) is 3.51. The number of hydrogen-bond acceptors (Lipinski definition) is 7. The number of aryl methyl sites for hydroxylation is 1. The van der Waals surface area contributed by atoms with Gasteiger partial charge in [0.1, 0.15) is 11.6 Å². The third-order valence-corrected chi connectivity index (χ3v) is 5.40. The van der Waals surface area contributed by atoms with Gasteiger partial charge in [-0.05, 0) is 36.4 Å². The fourth-order valence-corrected chi connectivity index (χ4v) is 3.51. The smallest absolute Gasteiger partial charge is 0.417 e. The van der Waals surface area contributed by atoms with E-state index in [0.717, 1.165) is 23.6 Å². The van der Waals surface area contributed by atoms with Crippen molar-refractivity contribution in [3.05, 3.63) is 54.0 Å². The van der Waals surface area contributed by atoms with Gasteiger partial charge in [-0.3, -0.25) is 4.79 Å². The number of benzene rings is 1. The van der Waals surface area contributed by atoms with E-state index >= 15 is 0 Å². The molecular weight excluding hydrogens is 439 g/mol. The van der Waals surface area contributed by atoms with Crippen LogP contribution in [0.5, 0.6) is 5.75 Å². The third-order valence-electron chi connectivity index (χ3n) is 5.40. The van der Waals surface area contributed by atoms with Gasteiger partial charge in [0.05, 0.1) is 12.7 Å². The van der Waals surface area contributed by atoms with Gasteiger partial charge < -0.3 is 19.1 Å². The van der Waals surface area contributed by atoms with Crippen LogP contribution in [0, 0.1) is 0 Å². The number of carbonyl (C=O) groups excluding carboxylic acids is 1. The average Bonchev–Trinajstić information content (AvgIpc) is 3.31. The highest BCUT2D eigenvalue weighted by molar-refractivity contribution is 5.76. The van der Waals surface area contributed by atoms with Crippen molar-refractivity contribution >= 4 is 11.7 Å². The summed E-state index contributed by atoms with van der Waals surface area (Å²) in [5.41, 5.74) is 0.00126. The number of alkyl halides is 3. The normalized spacial score (nSPS) is 14.4. The highest BCUT2D eigenvalue weighted by Gasteiger charge is 2.31. The zero-order valence-corrected chi connectivity index (χ0v) is 17.9. The first kappa shape index (κ1) is 22.6. The second-order valence-electron chi connectivity index (χ2n) is 7.51. The van der Waals surface area contributed by atoms with Crippen LogP contribution in [0.2, 0.25) is 0 Å². The number of rotatable bonds is 6. The number of ether oxygens (including phenoxy) is 1. The number of hydrogen-bond donors (Lipinski definition) is 0. The topological polar surface area (TPSA) is 84.6 Å². The Morgan fingerprint density at radius 3 is 2.42 bits per heavy atom. The van der Waals surface area contributed by atoms with Crippen LogP contribution in [0.1, 0.15) is 17.9 Å². The Labute approximate surface area is 188 Å². The van der Waals surface area contributed by atoms with E-state index in [4.69, 9.17) is 9.26 Å². The number of amides is 1. The summed E-state index contributed by atoms with van der Waals surface area (Å²) >= 11 is 0. The molecule has 1 aromatic carbocycles. The number of aromatic nitrogens is 3. The minimum absolute atomic E-state index is 0.0424. The van der Waals surface area contributed by atoms with Crippen molar-refractivity contribution in [3.63, 3.8) is 0 Å². The summed E-state index contributed by atoms with van der Waals surface area (Å²) in [4.78, 5) is 24.4. The van der Waals surface area contributed by atoms with Gasteiger partial charge in [-0.15, -0.1) is 0 Å². The lowest BCUT2D eigenvalue weighted by Gasteiger charge is -2.35. The number of anilines is 1. The van der Waals surface area contributed by atoms with Crippen LogP contribution < -0.4 is 9.64 Å². The van der Waals surface area contributed by atoms with Crippen molar-refractivity contribution in [1.29, 1.82) is 0 Å². The largest absolute Gasteiger partial charge is 0.497 e. The minimum atomic E-state index is -4.41. The number of piperazine rings is 1. The summed E-state index contributed by atoms with van der Waals surface area (Å²) in [6, 6.07) is 9.62. The van der Waals surface area contributed by atoms with Crippen LogP contribution in [0.15, 0.2) is 47.1 Å². The maximum absolute atomic E-state index is 12.7. The molecule has 174 valence electrons. The van der Waals surface area contributed by atoms with Crippen LogP contribution in [0.25, 0.3) is 11.4 Å². The number of carbonyl (C=O) groups is 1. The molecule has 1 fully saturated rings. The number of halogens is 3. The molecule has 0 atom stereocenters. The van der Waals surface area contributed by atoms with Crippen molar-refractivity contribution < 1.29 is 27.2 Å².